The number of aliphatic hydroxyl groups is 1. The lowest BCUT2D eigenvalue weighted by Crippen LogP contribution is -2.36. The molecule has 1 rings (SSSR count). The molecule has 1 aromatic heterocycles. The van der Waals surface area contributed by atoms with Gasteiger partial charge in [-0.1, -0.05) is 20.8 Å². The standard InChI is InChI=1S/C12H23N3O/c1-9-10(7-14-15(9)5)6-13-8-11(16)12(2,3)4/h7,11,13,16H,6,8H2,1-5H3. The number of nitrogens with one attached hydrogen (secondary N) is 1. The second kappa shape index (κ2) is 4.97. The first-order valence-corrected chi connectivity index (χ1v) is 5.68. The summed E-state index contributed by atoms with van der Waals surface area (Å²) < 4.78 is 1.86. The first kappa shape index (κ1) is 13.2. The van der Waals surface area contributed by atoms with Gasteiger partial charge in [-0.25, -0.2) is 0 Å². The maximum absolute atomic E-state index is 9.85. The number of aromatic nitrogens is 2. The molecule has 4 heteroatoms. The molecule has 1 atom stereocenters. The van der Waals surface area contributed by atoms with Crippen LogP contribution in [0.15, 0.2) is 6.20 Å². The van der Waals surface area contributed by atoms with Crippen molar-refractivity contribution in [1.82, 2.24) is 15.1 Å². The van der Waals surface area contributed by atoms with Crippen LogP contribution in [0.1, 0.15) is 32.0 Å². The van der Waals surface area contributed by atoms with Gasteiger partial charge in [0.25, 0.3) is 0 Å². The lowest BCUT2D eigenvalue weighted by molar-refractivity contribution is 0.0627. The maximum Gasteiger partial charge on any atom is 0.0712 e. The third kappa shape index (κ3) is 3.32. The fourth-order valence-electron chi connectivity index (χ4n) is 1.37. The van der Waals surface area contributed by atoms with E-state index < -0.39 is 0 Å². The molecule has 0 saturated carbocycles. The highest BCUT2D eigenvalue weighted by Crippen LogP contribution is 2.18. The number of nitrogens with zero attached hydrogens (tertiary/aromatic N) is 2. The maximum atomic E-state index is 9.85. The van der Waals surface area contributed by atoms with Gasteiger partial charge in [-0.2, -0.15) is 5.10 Å². The summed E-state index contributed by atoms with van der Waals surface area (Å²) in [6, 6.07) is 0. The van der Waals surface area contributed by atoms with Gasteiger partial charge in [0, 0.05) is 31.4 Å². The van der Waals surface area contributed by atoms with Crippen LogP contribution in [0.5, 0.6) is 0 Å². The number of aryl methyl sites for hydroxylation is 1. The van der Waals surface area contributed by atoms with E-state index in [9.17, 15) is 5.11 Å². The quantitative estimate of drug-likeness (QED) is 0.810. The molecule has 1 aromatic rings. The Morgan fingerprint density at radius 3 is 2.56 bits per heavy atom. The van der Waals surface area contributed by atoms with Crippen LogP contribution in [0.25, 0.3) is 0 Å². The van der Waals surface area contributed by atoms with Gasteiger partial charge in [0.1, 0.15) is 0 Å². The first-order chi connectivity index (χ1) is 7.32. The van der Waals surface area contributed by atoms with Crippen LogP contribution in [-0.4, -0.2) is 27.5 Å². The fraction of sp³-hybridized carbons (Fsp3) is 0.750. The molecule has 0 saturated heterocycles. The van der Waals surface area contributed by atoms with Crippen molar-refractivity contribution in [2.75, 3.05) is 6.54 Å². The van der Waals surface area contributed by atoms with Gasteiger partial charge >= 0.3 is 0 Å². The first-order valence-electron chi connectivity index (χ1n) is 5.68. The molecule has 1 unspecified atom stereocenters. The van der Waals surface area contributed by atoms with E-state index in [1.54, 1.807) is 0 Å². The third-order valence-corrected chi connectivity index (χ3v) is 2.99. The third-order valence-electron chi connectivity index (χ3n) is 2.99. The van der Waals surface area contributed by atoms with Gasteiger partial charge in [-0.05, 0) is 12.3 Å². The average molecular weight is 225 g/mol. The topological polar surface area (TPSA) is 50.1 Å². The Morgan fingerprint density at radius 1 is 1.50 bits per heavy atom. The summed E-state index contributed by atoms with van der Waals surface area (Å²) in [5, 5.41) is 17.3. The van der Waals surface area contributed by atoms with E-state index in [2.05, 4.69) is 10.4 Å². The summed E-state index contributed by atoms with van der Waals surface area (Å²) in [6.07, 6.45) is 1.54. The van der Waals surface area contributed by atoms with Gasteiger partial charge in [0.2, 0.25) is 0 Å². The molecule has 16 heavy (non-hydrogen) atoms. The van der Waals surface area contributed by atoms with Crippen molar-refractivity contribution in [3.05, 3.63) is 17.5 Å². The normalized spacial score (nSPS) is 14.1. The number of aliphatic hydroxyl groups excluding tert-OH is 1. The van der Waals surface area contributed by atoms with Crippen molar-refractivity contribution in [3.8, 4) is 0 Å². The minimum Gasteiger partial charge on any atom is -0.391 e. The van der Waals surface area contributed by atoms with Gasteiger partial charge in [0.15, 0.2) is 0 Å². The van der Waals surface area contributed by atoms with E-state index in [1.807, 2.05) is 45.6 Å². The molecule has 0 aliphatic heterocycles. The minimum absolute atomic E-state index is 0.0724. The summed E-state index contributed by atoms with van der Waals surface area (Å²) in [5.41, 5.74) is 2.28. The van der Waals surface area contributed by atoms with Crippen LogP contribution in [0, 0.1) is 12.3 Å². The summed E-state index contributed by atoms with van der Waals surface area (Å²) in [5.74, 6) is 0. The van der Waals surface area contributed by atoms with Crippen LogP contribution < -0.4 is 5.32 Å². The molecule has 1 heterocycles. The van der Waals surface area contributed by atoms with Gasteiger partial charge in [-0.15, -0.1) is 0 Å². The molecular formula is C12H23N3O. The molecule has 0 bridgehead atoms. The molecule has 0 aliphatic rings. The molecular weight excluding hydrogens is 202 g/mol. The number of hydrogen-bond acceptors (Lipinski definition) is 3. The van der Waals surface area contributed by atoms with E-state index in [0.717, 1.165) is 12.2 Å². The number of hydrogen-bond donors (Lipinski definition) is 2. The number of rotatable bonds is 4. The van der Waals surface area contributed by atoms with Gasteiger partial charge < -0.3 is 10.4 Å². The van der Waals surface area contributed by atoms with Gasteiger partial charge in [0.05, 0.1) is 12.3 Å². The van der Waals surface area contributed by atoms with E-state index >= 15 is 0 Å². The van der Waals surface area contributed by atoms with Crippen molar-refractivity contribution in [2.24, 2.45) is 12.5 Å². The monoisotopic (exact) mass is 225 g/mol. The second-order valence-electron chi connectivity index (χ2n) is 5.39. The molecule has 0 fully saturated rings. The summed E-state index contributed by atoms with van der Waals surface area (Å²) in [4.78, 5) is 0. The Hall–Kier alpha value is -0.870. The fourth-order valence-corrected chi connectivity index (χ4v) is 1.37. The Morgan fingerprint density at radius 2 is 2.12 bits per heavy atom. The van der Waals surface area contributed by atoms with Crippen LogP contribution >= 0.6 is 0 Å². The van der Waals surface area contributed by atoms with Crippen LogP contribution in [0.2, 0.25) is 0 Å². The van der Waals surface area contributed by atoms with Crippen molar-refractivity contribution in [1.29, 1.82) is 0 Å². The predicted octanol–water partition coefficient (Wildman–Crippen LogP) is 1.23. The Bertz CT molecular complexity index is 339. The molecule has 0 aromatic carbocycles. The van der Waals surface area contributed by atoms with Crippen LogP contribution in [-0.2, 0) is 13.6 Å². The minimum atomic E-state index is -0.329. The molecule has 0 amide bonds. The van der Waals surface area contributed by atoms with Crippen LogP contribution in [0.3, 0.4) is 0 Å². The Labute approximate surface area is 97.7 Å². The smallest absolute Gasteiger partial charge is 0.0712 e. The largest absolute Gasteiger partial charge is 0.391 e. The van der Waals surface area contributed by atoms with Crippen LogP contribution in [0.4, 0.5) is 0 Å². The highest BCUT2D eigenvalue weighted by Gasteiger charge is 2.21. The zero-order valence-corrected chi connectivity index (χ0v) is 10.9. The molecule has 4 nitrogen and oxygen atoms in total. The van der Waals surface area contributed by atoms with E-state index in [1.165, 1.54) is 5.56 Å². The molecule has 0 radical (unpaired) electrons. The lowest BCUT2D eigenvalue weighted by atomic mass is 9.89. The Kier molecular flexibility index (Phi) is 4.10. The van der Waals surface area contributed by atoms with Gasteiger partial charge in [-0.3, -0.25) is 4.68 Å². The van der Waals surface area contributed by atoms with Crippen molar-refractivity contribution < 1.29 is 5.11 Å². The summed E-state index contributed by atoms with van der Waals surface area (Å²) >= 11 is 0. The average Bonchev–Trinajstić information content (AvgIpc) is 2.48. The summed E-state index contributed by atoms with van der Waals surface area (Å²) in [7, 11) is 1.93. The SMILES string of the molecule is Cc1c(CNCC(O)C(C)(C)C)cnn1C. The van der Waals surface area contributed by atoms with E-state index in [4.69, 9.17) is 0 Å². The van der Waals surface area contributed by atoms with Crippen molar-refractivity contribution in [3.63, 3.8) is 0 Å². The molecule has 0 aliphatic carbocycles. The zero-order chi connectivity index (χ0) is 12.3. The highest BCUT2D eigenvalue weighted by atomic mass is 16.3. The molecule has 2 N–H and O–H groups in total. The van der Waals surface area contributed by atoms with Crippen molar-refractivity contribution in [2.45, 2.75) is 40.3 Å². The van der Waals surface area contributed by atoms with E-state index in [0.29, 0.717) is 6.54 Å². The summed E-state index contributed by atoms with van der Waals surface area (Å²) in [6.45, 7) is 9.52. The lowest BCUT2D eigenvalue weighted by Gasteiger charge is -2.25. The van der Waals surface area contributed by atoms with E-state index in [-0.39, 0.29) is 11.5 Å². The second-order valence-corrected chi connectivity index (χ2v) is 5.39. The Balaban J connectivity index is 2.39. The molecule has 92 valence electrons. The van der Waals surface area contributed by atoms with Crippen molar-refractivity contribution >= 4 is 0 Å². The zero-order valence-electron chi connectivity index (χ0n) is 10.9. The molecule has 0 spiro atoms. The highest BCUT2D eigenvalue weighted by molar-refractivity contribution is 5.15. The predicted molar refractivity (Wildman–Crippen MR) is 65.1 cm³/mol.